The summed E-state index contributed by atoms with van der Waals surface area (Å²) in [5.41, 5.74) is 1.96. The molecule has 1 aliphatic heterocycles. The van der Waals surface area contributed by atoms with E-state index in [2.05, 4.69) is 4.90 Å². The molecule has 5 heteroatoms. The number of hydrogen-bond acceptors (Lipinski definition) is 3. The Morgan fingerprint density at radius 3 is 2.50 bits per heavy atom. The van der Waals surface area contributed by atoms with Crippen molar-refractivity contribution in [1.82, 2.24) is 4.90 Å². The van der Waals surface area contributed by atoms with Gasteiger partial charge in [-0.25, -0.2) is 0 Å². The summed E-state index contributed by atoms with van der Waals surface area (Å²) < 4.78 is 5.18. The molecule has 0 aromatic heterocycles. The first-order valence-corrected chi connectivity index (χ1v) is 8.41. The Hall–Kier alpha value is -2.04. The van der Waals surface area contributed by atoms with Crippen LogP contribution in [-0.4, -0.2) is 37.0 Å². The number of rotatable bonds is 4. The molecule has 2 aromatic carbocycles. The Labute approximate surface area is 147 Å². The van der Waals surface area contributed by atoms with E-state index in [0.717, 1.165) is 24.5 Å². The van der Waals surface area contributed by atoms with Crippen LogP contribution in [0.3, 0.4) is 0 Å². The minimum absolute atomic E-state index is 0.0860. The second-order valence-corrected chi connectivity index (χ2v) is 6.34. The van der Waals surface area contributed by atoms with Gasteiger partial charge >= 0.3 is 0 Å². The third kappa shape index (κ3) is 3.40. The summed E-state index contributed by atoms with van der Waals surface area (Å²) in [5.74, 6) is 0.925. The molecule has 1 aliphatic rings. The molecule has 126 valence electrons. The monoisotopic (exact) mass is 344 g/mol. The highest BCUT2D eigenvalue weighted by molar-refractivity contribution is 6.33. The maximum atomic E-state index is 12.8. The van der Waals surface area contributed by atoms with Crippen molar-refractivity contribution in [2.24, 2.45) is 0 Å². The number of methoxy groups -OCH3 is 1. The zero-order valence-corrected chi connectivity index (χ0v) is 14.7. The minimum atomic E-state index is -0.183. The van der Waals surface area contributed by atoms with Crippen LogP contribution < -0.4 is 9.64 Å². The van der Waals surface area contributed by atoms with E-state index in [1.165, 1.54) is 5.56 Å². The van der Waals surface area contributed by atoms with Crippen LogP contribution in [-0.2, 0) is 11.3 Å². The van der Waals surface area contributed by atoms with Crippen molar-refractivity contribution in [2.75, 3.05) is 25.1 Å². The molecule has 1 unspecified atom stereocenters. The second kappa shape index (κ2) is 7.24. The van der Waals surface area contributed by atoms with Crippen molar-refractivity contribution in [1.29, 1.82) is 0 Å². The standard InChI is InChI=1S/C19H21ClN2O2/c1-14-19(23)22(18-6-4-3-5-17(18)20)12-11-21(14)13-15-7-9-16(24-2)10-8-15/h3-10,14H,11-13H2,1-2H3. The first-order chi connectivity index (χ1) is 11.6. The van der Waals surface area contributed by atoms with Gasteiger partial charge in [-0.3, -0.25) is 9.69 Å². The third-order valence-electron chi connectivity index (χ3n) is 4.47. The van der Waals surface area contributed by atoms with Crippen LogP contribution >= 0.6 is 11.6 Å². The number of piperazine rings is 1. The van der Waals surface area contributed by atoms with E-state index in [9.17, 15) is 4.79 Å². The zero-order valence-electron chi connectivity index (χ0n) is 13.9. The molecule has 0 spiro atoms. The number of hydrogen-bond donors (Lipinski definition) is 0. The average molecular weight is 345 g/mol. The molecule has 3 rings (SSSR count). The highest BCUT2D eigenvalue weighted by Gasteiger charge is 2.32. The van der Waals surface area contributed by atoms with Gasteiger partial charge in [0.2, 0.25) is 5.91 Å². The van der Waals surface area contributed by atoms with Gasteiger partial charge in [0, 0.05) is 19.6 Å². The van der Waals surface area contributed by atoms with Gasteiger partial charge in [0.05, 0.1) is 23.9 Å². The molecule has 0 N–H and O–H groups in total. The number of amides is 1. The first kappa shape index (κ1) is 16.8. The summed E-state index contributed by atoms with van der Waals surface area (Å²) in [5, 5.41) is 0.613. The highest BCUT2D eigenvalue weighted by atomic mass is 35.5. The van der Waals surface area contributed by atoms with Gasteiger partial charge in [0.25, 0.3) is 0 Å². The number of carbonyl (C=O) groups is 1. The van der Waals surface area contributed by atoms with Crippen molar-refractivity contribution >= 4 is 23.2 Å². The third-order valence-corrected chi connectivity index (χ3v) is 4.79. The van der Waals surface area contributed by atoms with Crippen LogP contribution in [0.2, 0.25) is 5.02 Å². The van der Waals surface area contributed by atoms with Crippen molar-refractivity contribution < 1.29 is 9.53 Å². The summed E-state index contributed by atoms with van der Waals surface area (Å²) in [7, 11) is 1.66. The van der Waals surface area contributed by atoms with Gasteiger partial charge in [0.1, 0.15) is 5.75 Å². The molecule has 4 nitrogen and oxygen atoms in total. The van der Waals surface area contributed by atoms with E-state index in [-0.39, 0.29) is 11.9 Å². The molecular weight excluding hydrogens is 324 g/mol. The van der Waals surface area contributed by atoms with Crippen LogP contribution in [0.1, 0.15) is 12.5 Å². The highest BCUT2D eigenvalue weighted by Crippen LogP contribution is 2.28. The smallest absolute Gasteiger partial charge is 0.244 e. The molecule has 1 amide bonds. The van der Waals surface area contributed by atoms with Gasteiger partial charge in [-0.1, -0.05) is 35.9 Å². The largest absolute Gasteiger partial charge is 0.497 e. The number of ether oxygens (including phenoxy) is 1. The molecule has 1 fully saturated rings. The number of carbonyl (C=O) groups excluding carboxylic acids is 1. The predicted molar refractivity (Wildman–Crippen MR) is 96.7 cm³/mol. The summed E-state index contributed by atoms with van der Waals surface area (Å²) >= 11 is 6.25. The molecule has 0 saturated carbocycles. The Morgan fingerprint density at radius 1 is 1.12 bits per heavy atom. The van der Waals surface area contributed by atoms with E-state index in [0.29, 0.717) is 11.6 Å². The normalized spacial score (nSPS) is 18.7. The molecule has 1 saturated heterocycles. The maximum absolute atomic E-state index is 12.8. The molecular formula is C19H21ClN2O2. The van der Waals surface area contributed by atoms with Crippen molar-refractivity contribution in [3.63, 3.8) is 0 Å². The lowest BCUT2D eigenvalue weighted by Gasteiger charge is -2.39. The lowest BCUT2D eigenvalue weighted by Crippen LogP contribution is -2.55. The van der Waals surface area contributed by atoms with Gasteiger partial charge in [-0.2, -0.15) is 0 Å². The van der Waals surface area contributed by atoms with Gasteiger partial charge in [-0.05, 0) is 36.8 Å². The molecule has 1 heterocycles. The predicted octanol–water partition coefficient (Wildman–Crippen LogP) is 3.59. The first-order valence-electron chi connectivity index (χ1n) is 8.03. The number of para-hydroxylation sites is 1. The topological polar surface area (TPSA) is 32.8 Å². The Balaban J connectivity index is 1.71. The van der Waals surface area contributed by atoms with Gasteiger partial charge in [-0.15, -0.1) is 0 Å². The fourth-order valence-electron chi connectivity index (χ4n) is 3.01. The van der Waals surface area contributed by atoms with Crippen LogP contribution in [0.5, 0.6) is 5.75 Å². The quantitative estimate of drug-likeness (QED) is 0.849. The molecule has 24 heavy (non-hydrogen) atoms. The molecule has 0 radical (unpaired) electrons. The van der Waals surface area contributed by atoms with Crippen LogP contribution in [0, 0.1) is 0 Å². The molecule has 1 atom stereocenters. The minimum Gasteiger partial charge on any atom is -0.497 e. The summed E-state index contributed by atoms with van der Waals surface area (Å²) in [6, 6.07) is 15.3. The molecule has 0 aliphatic carbocycles. The average Bonchev–Trinajstić information content (AvgIpc) is 2.61. The fraction of sp³-hybridized carbons (Fsp3) is 0.316. The molecule has 2 aromatic rings. The van der Waals surface area contributed by atoms with Crippen molar-refractivity contribution in [2.45, 2.75) is 19.5 Å². The van der Waals surface area contributed by atoms with E-state index < -0.39 is 0 Å². The van der Waals surface area contributed by atoms with Gasteiger partial charge in [0.15, 0.2) is 0 Å². The second-order valence-electron chi connectivity index (χ2n) is 5.94. The number of anilines is 1. The lowest BCUT2D eigenvalue weighted by atomic mass is 10.1. The zero-order chi connectivity index (χ0) is 17.1. The van der Waals surface area contributed by atoms with E-state index in [1.807, 2.05) is 55.5 Å². The fourth-order valence-corrected chi connectivity index (χ4v) is 3.24. The van der Waals surface area contributed by atoms with Crippen molar-refractivity contribution in [3.05, 3.63) is 59.1 Å². The number of halogens is 1. The summed E-state index contributed by atoms with van der Waals surface area (Å²) in [4.78, 5) is 16.8. The number of benzene rings is 2. The van der Waals surface area contributed by atoms with E-state index in [1.54, 1.807) is 12.0 Å². The van der Waals surface area contributed by atoms with E-state index in [4.69, 9.17) is 16.3 Å². The van der Waals surface area contributed by atoms with Gasteiger partial charge < -0.3 is 9.64 Å². The lowest BCUT2D eigenvalue weighted by molar-refractivity contribution is -0.125. The van der Waals surface area contributed by atoms with Crippen LogP contribution in [0.15, 0.2) is 48.5 Å². The molecule has 0 bridgehead atoms. The van der Waals surface area contributed by atoms with Crippen molar-refractivity contribution in [3.8, 4) is 5.75 Å². The van der Waals surface area contributed by atoms with Crippen LogP contribution in [0.25, 0.3) is 0 Å². The summed E-state index contributed by atoms with van der Waals surface area (Å²) in [6.45, 7) is 4.15. The Kier molecular flexibility index (Phi) is 5.07. The Morgan fingerprint density at radius 2 is 1.83 bits per heavy atom. The Bertz CT molecular complexity index is 718. The summed E-state index contributed by atoms with van der Waals surface area (Å²) in [6.07, 6.45) is 0. The number of nitrogens with zero attached hydrogens (tertiary/aromatic N) is 2. The maximum Gasteiger partial charge on any atom is 0.244 e. The van der Waals surface area contributed by atoms with Crippen LogP contribution in [0.4, 0.5) is 5.69 Å². The van der Waals surface area contributed by atoms with E-state index >= 15 is 0 Å². The SMILES string of the molecule is COc1ccc(CN2CCN(c3ccccc3Cl)C(=O)C2C)cc1.